The van der Waals surface area contributed by atoms with Crippen LogP contribution in [0.3, 0.4) is 0 Å². The first-order valence-electron chi connectivity index (χ1n) is 7.72. The maximum absolute atomic E-state index is 4.69. The molecule has 2 aromatic carbocycles. The van der Waals surface area contributed by atoms with Gasteiger partial charge in [0.15, 0.2) is 0 Å². The summed E-state index contributed by atoms with van der Waals surface area (Å²) in [4.78, 5) is 1.77. The van der Waals surface area contributed by atoms with E-state index in [-0.39, 0.29) is 0 Å². The Morgan fingerprint density at radius 3 is 2.35 bits per heavy atom. The maximum atomic E-state index is 4.69. The molecule has 0 radical (unpaired) electrons. The van der Waals surface area contributed by atoms with Gasteiger partial charge in [-0.15, -0.1) is 6.58 Å². The molecule has 4 nitrogen and oxygen atoms in total. The normalized spacial score (nSPS) is 10.6. The van der Waals surface area contributed by atoms with E-state index in [4.69, 9.17) is 5.10 Å². The van der Waals surface area contributed by atoms with Gasteiger partial charge in [0.2, 0.25) is 0 Å². The molecule has 0 spiro atoms. The number of rotatable bonds is 7. The van der Waals surface area contributed by atoms with Crippen LogP contribution in [0.2, 0.25) is 0 Å². The predicted octanol–water partition coefficient (Wildman–Crippen LogP) is 3.27. The van der Waals surface area contributed by atoms with Gasteiger partial charge in [-0.05, 0) is 5.56 Å². The Labute approximate surface area is 136 Å². The first kappa shape index (κ1) is 15.2. The molecule has 0 aliphatic rings. The molecule has 0 saturated carbocycles. The van der Waals surface area contributed by atoms with E-state index in [1.54, 1.807) is 4.80 Å². The molecule has 0 aliphatic carbocycles. The van der Waals surface area contributed by atoms with Crippen LogP contribution < -0.4 is 5.32 Å². The van der Waals surface area contributed by atoms with Crippen LogP contribution in [0.15, 0.2) is 73.3 Å². The van der Waals surface area contributed by atoms with E-state index in [0.29, 0.717) is 13.1 Å². The Morgan fingerprint density at radius 1 is 0.957 bits per heavy atom. The van der Waals surface area contributed by atoms with Crippen molar-refractivity contribution in [2.75, 3.05) is 6.54 Å². The van der Waals surface area contributed by atoms with Gasteiger partial charge in [-0.3, -0.25) is 0 Å². The summed E-state index contributed by atoms with van der Waals surface area (Å²) in [6, 6.07) is 20.4. The molecule has 0 aliphatic heterocycles. The molecule has 0 fully saturated rings. The van der Waals surface area contributed by atoms with Crippen molar-refractivity contribution in [3.63, 3.8) is 0 Å². The van der Waals surface area contributed by atoms with Crippen LogP contribution in [0.4, 0.5) is 0 Å². The van der Waals surface area contributed by atoms with Gasteiger partial charge in [-0.25, -0.2) is 0 Å². The fourth-order valence-electron chi connectivity index (χ4n) is 2.43. The summed E-state index contributed by atoms with van der Waals surface area (Å²) in [5.74, 6) is 0. The Kier molecular flexibility index (Phi) is 4.96. The quantitative estimate of drug-likeness (QED) is 0.538. The van der Waals surface area contributed by atoms with Crippen molar-refractivity contribution in [1.82, 2.24) is 20.3 Å². The number of nitrogens with one attached hydrogen (secondary N) is 1. The van der Waals surface area contributed by atoms with Crippen LogP contribution in [0.25, 0.3) is 11.3 Å². The SMILES string of the molecule is C=CCNCc1nn(Cc2ccccc2)nc1-c1ccccc1. The van der Waals surface area contributed by atoms with Gasteiger partial charge < -0.3 is 5.32 Å². The van der Waals surface area contributed by atoms with E-state index < -0.39 is 0 Å². The minimum Gasteiger partial charge on any atom is -0.308 e. The summed E-state index contributed by atoms with van der Waals surface area (Å²) >= 11 is 0. The zero-order valence-corrected chi connectivity index (χ0v) is 13.0. The molecule has 0 unspecified atom stereocenters. The lowest BCUT2D eigenvalue weighted by molar-refractivity contribution is 0.580. The second-order valence-electron chi connectivity index (χ2n) is 5.30. The van der Waals surface area contributed by atoms with E-state index in [1.165, 1.54) is 5.56 Å². The average molecular weight is 304 g/mol. The third kappa shape index (κ3) is 3.93. The van der Waals surface area contributed by atoms with Crippen LogP contribution in [0.5, 0.6) is 0 Å². The Hall–Kier alpha value is -2.72. The van der Waals surface area contributed by atoms with Crippen LogP contribution in [-0.2, 0) is 13.1 Å². The van der Waals surface area contributed by atoms with Crippen LogP contribution in [0.1, 0.15) is 11.3 Å². The monoisotopic (exact) mass is 304 g/mol. The van der Waals surface area contributed by atoms with Crippen LogP contribution in [0, 0.1) is 0 Å². The molecule has 1 N–H and O–H groups in total. The lowest BCUT2D eigenvalue weighted by atomic mass is 10.1. The molecule has 116 valence electrons. The van der Waals surface area contributed by atoms with Gasteiger partial charge in [0.1, 0.15) is 11.4 Å². The van der Waals surface area contributed by atoms with Gasteiger partial charge in [0.25, 0.3) is 0 Å². The van der Waals surface area contributed by atoms with Crippen molar-refractivity contribution >= 4 is 0 Å². The second kappa shape index (κ2) is 7.51. The lowest BCUT2D eigenvalue weighted by Crippen LogP contribution is -2.14. The van der Waals surface area contributed by atoms with Crippen molar-refractivity contribution in [2.45, 2.75) is 13.1 Å². The zero-order valence-electron chi connectivity index (χ0n) is 13.0. The van der Waals surface area contributed by atoms with E-state index >= 15 is 0 Å². The Morgan fingerprint density at radius 2 is 1.65 bits per heavy atom. The van der Waals surface area contributed by atoms with Gasteiger partial charge in [-0.1, -0.05) is 66.7 Å². The molecule has 23 heavy (non-hydrogen) atoms. The summed E-state index contributed by atoms with van der Waals surface area (Å²) in [5.41, 5.74) is 4.15. The molecule has 0 atom stereocenters. The molecular formula is C19H20N4. The highest BCUT2D eigenvalue weighted by atomic mass is 15.5. The molecule has 1 heterocycles. The first-order valence-corrected chi connectivity index (χ1v) is 7.72. The third-order valence-corrected chi connectivity index (χ3v) is 3.52. The smallest absolute Gasteiger partial charge is 0.117 e. The largest absolute Gasteiger partial charge is 0.308 e. The topological polar surface area (TPSA) is 42.7 Å². The molecule has 0 saturated heterocycles. The highest BCUT2D eigenvalue weighted by Crippen LogP contribution is 2.20. The molecule has 3 aromatic rings. The van der Waals surface area contributed by atoms with E-state index in [1.807, 2.05) is 42.5 Å². The average Bonchev–Trinajstić information content (AvgIpc) is 2.99. The number of aromatic nitrogens is 3. The minimum atomic E-state index is 0.669. The first-order chi connectivity index (χ1) is 11.4. The molecule has 1 aromatic heterocycles. The number of hydrogen-bond acceptors (Lipinski definition) is 3. The standard InChI is InChI=1S/C19H20N4/c1-2-13-20-14-18-19(17-11-7-4-8-12-17)22-23(21-18)15-16-9-5-3-6-10-16/h2-12,20H,1,13-15H2. The van der Waals surface area contributed by atoms with E-state index in [2.05, 4.69) is 41.3 Å². The molecule has 0 bridgehead atoms. The van der Waals surface area contributed by atoms with E-state index in [9.17, 15) is 0 Å². The van der Waals surface area contributed by atoms with Gasteiger partial charge >= 0.3 is 0 Å². The van der Waals surface area contributed by atoms with Gasteiger partial charge in [0.05, 0.1) is 6.54 Å². The number of hydrogen-bond donors (Lipinski definition) is 1. The van der Waals surface area contributed by atoms with Gasteiger partial charge in [0, 0.05) is 18.7 Å². The van der Waals surface area contributed by atoms with Crippen LogP contribution in [-0.4, -0.2) is 21.5 Å². The fraction of sp³-hybridized carbons (Fsp3) is 0.158. The minimum absolute atomic E-state index is 0.669. The third-order valence-electron chi connectivity index (χ3n) is 3.52. The summed E-state index contributed by atoms with van der Waals surface area (Å²) < 4.78 is 0. The zero-order chi connectivity index (χ0) is 15.9. The Bertz CT molecular complexity index is 748. The molecule has 0 amide bonds. The highest BCUT2D eigenvalue weighted by molar-refractivity contribution is 5.60. The van der Waals surface area contributed by atoms with Crippen molar-refractivity contribution < 1.29 is 0 Å². The highest BCUT2D eigenvalue weighted by Gasteiger charge is 2.12. The number of nitrogens with zero attached hydrogens (tertiary/aromatic N) is 3. The van der Waals surface area contributed by atoms with Gasteiger partial charge in [-0.2, -0.15) is 15.0 Å². The van der Waals surface area contributed by atoms with Crippen LogP contribution >= 0.6 is 0 Å². The molecule has 4 heteroatoms. The fourth-order valence-corrected chi connectivity index (χ4v) is 2.43. The summed E-state index contributed by atoms with van der Waals surface area (Å²) in [6.07, 6.45) is 1.84. The van der Waals surface area contributed by atoms with Crippen molar-refractivity contribution in [2.24, 2.45) is 0 Å². The summed E-state index contributed by atoms with van der Waals surface area (Å²) in [7, 11) is 0. The lowest BCUT2D eigenvalue weighted by Gasteiger charge is -2.01. The van der Waals surface area contributed by atoms with Crippen molar-refractivity contribution in [3.05, 3.63) is 84.6 Å². The van der Waals surface area contributed by atoms with Crippen molar-refractivity contribution in [3.8, 4) is 11.3 Å². The molecular weight excluding hydrogens is 284 g/mol. The predicted molar refractivity (Wildman–Crippen MR) is 92.9 cm³/mol. The summed E-state index contributed by atoms with van der Waals surface area (Å²) in [5, 5.41) is 12.7. The maximum Gasteiger partial charge on any atom is 0.117 e. The Balaban J connectivity index is 1.88. The molecule has 3 rings (SSSR count). The number of benzene rings is 2. The van der Waals surface area contributed by atoms with Crippen molar-refractivity contribution in [1.29, 1.82) is 0 Å². The summed E-state index contributed by atoms with van der Waals surface area (Å²) in [6.45, 7) is 5.82. The van der Waals surface area contributed by atoms with E-state index in [0.717, 1.165) is 23.5 Å². The second-order valence-corrected chi connectivity index (χ2v) is 5.30.